The smallest absolute Gasteiger partial charge is 0.320 e. The summed E-state index contributed by atoms with van der Waals surface area (Å²) in [6, 6.07) is 11.8. The van der Waals surface area contributed by atoms with Gasteiger partial charge in [-0.05, 0) is 30.2 Å². The van der Waals surface area contributed by atoms with E-state index >= 15 is 0 Å². The molecule has 0 saturated carbocycles. The van der Waals surface area contributed by atoms with Gasteiger partial charge in [-0.25, -0.2) is 9.18 Å². The van der Waals surface area contributed by atoms with Crippen molar-refractivity contribution in [1.29, 1.82) is 0 Å². The van der Waals surface area contributed by atoms with Gasteiger partial charge in [0, 0.05) is 31.2 Å². The monoisotopic (exact) mass is 389 g/mol. The first-order valence-corrected chi connectivity index (χ1v) is 9.10. The van der Waals surface area contributed by atoms with Gasteiger partial charge in [0.1, 0.15) is 12.4 Å². The Hall–Kier alpha value is -2.60. The van der Waals surface area contributed by atoms with Crippen molar-refractivity contribution < 1.29 is 14.0 Å². The van der Waals surface area contributed by atoms with Crippen LogP contribution in [0.2, 0.25) is 5.02 Å². The highest BCUT2D eigenvalue weighted by Gasteiger charge is 2.30. The zero-order valence-corrected chi connectivity index (χ0v) is 15.8. The second-order valence-corrected chi connectivity index (χ2v) is 7.03. The summed E-state index contributed by atoms with van der Waals surface area (Å²) < 4.78 is 13.1. The molecule has 1 heterocycles. The third kappa shape index (κ3) is 4.98. The number of halogens is 2. The van der Waals surface area contributed by atoms with E-state index in [1.165, 1.54) is 17.0 Å². The normalized spacial score (nSPS) is 14.0. The Balaban J connectivity index is 1.51. The number of carbonyl (C=O) groups excluding carboxylic acids is 2. The number of benzene rings is 2. The summed E-state index contributed by atoms with van der Waals surface area (Å²) in [6.45, 7) is 3.69. The molecular formula is C20H21ClFN3O2. The number of rotatable bonds is 6. The van der Waals surface area contributed by atoms with Gasteiger partial charge in [-0.3, -0.25) is 4.79 Å². The molecule has 0 atom stereocenters. The highest BCUT2D eigenvalue weighted by atomic mass is 35.5. The van der Waals surface area contributed by atoms with Crippen LogP contribution >= 0.6 is 11.6 Å². The van der Waals surface area contributed by atoms with Gasteiger partial charge in [0.25, 0.3) is 0 Å². The molecule has 2 aromatic rings. The van der Waals surface area contributed by atoms with Gasteiger partial charge in [0.2, 0.25) is 5.91 Å². The summed E-state index contributed by atoms with van der Waals surface area (Å²) in [5.41, 5.74) is 2.83. The number of hydrogen-bond donors (Lipinski definition) is 1. The Morgan fingerprint density at radius 3 is 2.70 bits per heavy atom. The molecule has 1 fully saturated rings. The first kappa shape index (κ1) is 19.2. The molecule has 1 aliphatic rings. The van der Waals surface area contributed by atoms with Crippen molar-refractivity contribution in [2.24, 2.45) is 0 Å². The number of nitrogens with zero attached hydrogens (tertiary/aromatic N) is 2. The Bertz CT molecular complexity index is 859. The Morgan fingerprint density at radius 2 is 1.96 bits per heavy atom. The van der Waals surface area contributed by atoms with E-state index in [0.29, 0.717) is 31.7 Å². The maximum absolute atomic E-state index is 13.1. The van der Waals surface area contributed by atoms with Gasteiger partial charge in [-0.2, -0.15) is 0 Å². The lowest BCUT2D eigenvalue weighted by Crippen LogP contribution is -2.39. The number of aryl methyl sites for hydroxylation is 1. The van der Waals surface area contributed by atoms with E-state index in [1.54, 1.807) is 11.0 Å². The van der Waals surface area contributed by atoms with Crippen molar-refractivity contribution in [2.75, 3.05) is 19.6 Å². The predicted octanol–water partition coefficient (Wildman–Crippen LogP) is 3.34. The molecule has 1 N–H and O–H groups in total. The highest BCUT2D eigenvalue weighted by Crippen LogP contribution is 2.21. The van der Waals surface area contributed by atoms with Crippen molar-refractivity contribution in [2.45, 2.75) is 20.0 Å². The molecule has 0 unspecified atom stereocenters. The average Bonchev–Trinajstić information content (AvgIpc) is 2.96. The van der Waals surface area contributed by atoms with E-state index in [-0.39, 0.29) is 23.5 Å². The topological polar surface area (TPSA) is 52.7 Å². The van der Waals surface area contributed by atoms with Gasteiger partial charge < -0.3 is 15.1 Å². The van der Waals surface area contributed by atoms with Crippen LogP contribution in [0.3, 0.4) is 0 Å². The summed E-state index contributed by atoms with van der Waals surface area (Å²) in [7, 11) is 0. The fourth-order valence-corrected chi connectivity index (χ4v) is 3.26. The van der Waals surface area contributed by atoms with Crippen LogP contribution in [0.1, 0.15) is 16.7 Å². The maximum atomic E-state index is 13.1. The molecule has 2 aromatic carbocycles. The van der Waals surface area contributed by atoms with Gasteiger partial charge in [0.05, 0.1) is 0 Å². The van der Waals surface area contributed by atoms with Crippen LogP contribution in [0.15, 0.2) is 42.5 Å². The summed E-state index contributed by atoms with van der Waals surface area (Å²) in [5.74, 6) is -0.616. The van der Waals surface area contributed by atoms with E-state index < -0.39 is 5.82 Å². The molecule has 0 aliphatic carbocycles. The summed E-state index contributed by atoms with van der Waals surface area (Å²) in [6.07, 6.45) is 0. The molecule has 3 amide bonds. The third-order valence-electron chi connectivity index (χ3n) is 4.46. The Morgan fingerprint density at radius 1 is 1.19 bits per heavy atom. The van der Waals surface area contributed by atoms with Crippen molar-refractivity contribution in [1.82, 2.24) is 15.1 Å². The number of urea groups is 1. The van der Waals surface area contributed by atoms with E-state index in [1.807, 2.05) is 31.2 Å². The van der Waals surface area contributed by atoms with Crippen LogP contribution in [0.4, 0.5) is 9.18 Å². The zero-order chi connectivity index (χ0) is 19.4. The van der Waals surface area contributed by atoms with Gasteiger partial charge in [-0.15, -0.1) is 0 Å². The largest absolute Gasteiger partial charge is 0.350 e. The average molecular weight is 390 g/mol. The molecule has 142 valence electrons. The molecule has 7 heteroatoms. The molecule has 0 radical (unpaired) electrons. The summed E-state index contributed by atoms with van der Waals surface area (Å²) in [4.78, 5) is 27.8. The van der Waals surface area contributed by atoms with Crippen molar-refractivity contribution >= 4 is 23.5 Å². The summed E-state index contributed by atoms with van der Waals surface area (Å²) in [5, 5.41) is 3.13. The Kier molecular flexibility index (Phi) is 5.96. The molecule has 1 saturated heterocycles. The van der Waals surface area contributed by atoms with Crippen molar-refractivity contribution in [3.8, 4) is 0 Å². The second kappa shape index (κ2) is 8.39. The standard InChI is InChI=1S/C20H21ClFN3O2/c1-14-3-2-4-15(9-14)11-23-19(26)13-25-8-7-24(20(25)27)12-16-5-6-17(22)10-18(16)21/h2-6,9-10H,7-8,11-13H2,1H3,(H,23,26). The van der Waals surface area contributed by atoms with Gasteiger partial charge in [-0.1, -0.05) is 47.5 Å². The molecule has 5 nitrogen and oxygen atoms in total. The van der Waals surface area contributed by atoms with Crippen LogP contribution in [0.25, 0.3) is 0 Å². The van der Waals surface area contributed by atoms with Crippen LogP contribution in [0, 0.1) is 12.7 Å². The van der Waals surface area contributed by atoms with E-state index in [9.17, 15) is 14.0 Å². The lowest BCUT2D eigenvalue weighted by atomic mass is 10.1. The first-order valence-electron chi connectivity index (χ1n) is 8.72. The lowest BCUT2D eigenvalue weighted by Gasteiger charge is -2.19. The quantitative estimate of drug-likeness (QED) is 0.823. The molecule has 0 spiro atoms. The molecule has 3 rings (SSSR count). The minimum absolute atomic E-state index is 0.0122. The van der Waals surface area contributed by atoms with Crippen molar-refractivity contribution in [3.05, 3.63) is 70.0 Å². The number of hydrogen-bond acceptors (Lipinski definition) is 2. The summed E-state index contributed by atoms with van der Waals surface area (Å²) >= 11 is 6.03. The molecule has 0 bridgehead atoms. The number of amides is 3. The van der Waals surface area contributed by atoms with Crippen LogP contribution in [0.5, 0.6) is 0 Å². The lowest BCUT2D eigenvalue weighted by molar-refractivity contribution is -0.121. The van der Waals surface area contributed by atoms with E-state index in [0.717, 1.165) is 11.1 Å². The first-order chi connectivity index (χ1) is 12.9. The number of carbonyl (C=O) groups is 2. The number of nitrogens with one attached hydrogen (secondary N) is 1. The van der Waals surface area contributed by atoms with E-state index in [2.05, 4.69) is 5.32 Å². The zero-order valence-electron chi connectivity index (χ0n) is 15.0. The predicted molar refractivity (Wildman–Crippen MR) is 102 cm³/mol. The van der Waals surface area contributed by atoms with E-state index in [4.69, 9.17) is 11.6 Å². The van der Waals surface area contributed by atoms with Crippen LogP contribution in [-0.4, -0.2) is 41.4 Å². The molecule has 1 aliphatic heterocycles. The van der Waals surface area contributed by atoms with Crippen LogP contribution in [-0.2, 0) is 17.9 Å². The molecular weight excluding hydrogens is 369 g/mol. The van der Waals surface area contributed by atoms with Crippen LogP contribution < -0.4 is 5.32 Å². The third-order valence-corrected chi connectivity index (χ3v) is 4.82. The minimum Gasteiger partial charge on any atom is -0.350 e. The SMILES string of the molecule is Cc1cccc(CNC(=O)CN2CCN(Cc3ccc(F)cc3Cl)C2=O)c1. The molecule has 27 heavy (non-hydrogen) atoms. The highest BCUT2D eigenvalue weighted by molar-refractivity contribution is 6.31. The van der Waals surface area contributed by atoms with Crippen molar-refractivity contribution in [3.63, 3.8) is 0 Å². The Labute approximate surface area is 162 Å². The fourth-order valence-electron chi connectivity index (χ4n) is 3.03. The minimum atomic E-state index is -0.414. The molecule has 0 aromatic heterocycles. The fraction of sp³-hybridized carbons (Fsp3) is 0.300. The maximum Gasteiger partial charge on any atom is 0.320 e. The van der Waals surface area contributed by atoms with Gasteiger partial charge >= 0.3 is 6.03 Å². The van der Waals surface area contributed by atoms with Gasteiger partial charge in [0.15, 0.2) is 0 Å². The second-order valence-electron chi connectivity index (χ2n) is 6.63.